The highest BCUT2D eigenvalue weighted by Gasteiger charge is 2.10. The van der Waals surface area contributed by atoms with E-state index in [4.69, 9.17) is 28.4 Å². The fourth-order valence-electron chi connectivity index (χ4n) is 5.74. The van der Waals surface area contributed by atoms with Gasteiger partial charge in [0.15, 0.2) is 23.0 Å². The molecule has 0 aliphatic heterocycles. The molecule has 0 fully saturated rings. The second-order valence-electron chi connectivity index (χ2n) is 12.8. The van der Waals surface area contributed by atoms with Crippen molar-refractivity contribution in [2.75, 3.05) is 40.6 Å². The van der Waals surface area contributed by atoms with Crippen LogP contribution in [0.25, 0.3) is 23.3 Å². The predicted molar refractivity (Wildman–Crippen MR) is 214 cm³/mol. The van der Waals surface area contributed by atoms with Crippen molar-refractivity contribution >= 4 is 35.2 Å². The van der Waals surface area contributed by atoms with Crippen molar-refractivity contribution in [3.05, 3.63) is 108 Å². The normalized spacial score (nSPS) is 11.4. The molecule has 53 heavy (non-hydrogen) atoms. The first kappa shape index (κ1) is 42.2. The van der Waals surface area contributed by atoms with Crippen LogP contribution in [0.5, 0.6) is 23.0 Å². The van der Waals surface area contributed by atoms with E-state index < -0.39 is 0 Å². The molecule has 0 bridgehead atoms. The van der Waals surface area contributed by atoms with Gasteiger partial charge in [0.1, 0.15) is 0 Å². The van der Waals surface area contributed by atoms with E-state index in [1.165, 1.54) is 23.3 Å². The molecule has 284 valence electrons. The molecule has 0 saturated heterocycles. The maximum Gasteiger partial charge on any atom is 0.330 e. The van der Waals surface area contributed by atoms with E-state index in [0.717, 1.165) is 90.7 Å². The van der Waals surface area contributed by atoms with Crippen molar-refractivity contribution in [2.24, 2.45) is 0 Å². The molecule has 0 aliphatic carbocycles. The van der Waals surface area contributed by atoms with Crippen LogP contribution in [0.1, 0.15) is 93.0 Å². The third-order valence-corrected chi connectivity index (χ3v) is 8.66. The number of carbonyl (C=O) groups is 2. The number of hydrogen-bond donors (Lipinski definition) is 0. The van der Waals surface area contributed by atoms with E-state index in [-0.39, 0.29) is 11.9 Å². The summed E-state index contributed by atoms with van der Waals surface area (Å²) in [6, 6.07) is 18.6. The number of benzene rings is 3. The summed E-state index contributed by atoms with van der Waals surface area (Å²) in [6.07, 6.45) is 14.0. The lowest BCUT2D eigenvalue weighted by atomic mass is 9.95. The summed E-state index contributed by atoms with van der Waals surface area (Å²) in [5.41, 5.74) is 7.88. The number of esters is 2. The van der Waals surface area contributed by atoms with E-state index in [2.05, 4.69) is 64.3 Å². The van der Waals surface area contributed by atoms with E-state index in [1.807, 2.05) is 36.4 Å². The quantitative estimate of drug-likeness (QED) is 0.0390. The van der Waals surface area contributed by atoms with Crippen LogP contribution in [-0.2, 0) is 19.1 Å². The van der Waals surface area contributed by atoms with Crippen molar-refractivity contribution in [1.29, 1.82) is 0 Å². The molecule has 0 heterocycles. The van der Waals surface area contributed by atoms with Gasteiger partial charge >= 0.3 is 11.9 Å². The molecule has 0 aromatic heterocycles. The van der Waals surface area contributed by atoms with Crippen molar-refractivity contribution in [3.8, 4) is 23.0 Å². The van der Waals surface area contributed by atoms with E-state index >= 15 is 0 Å². The Balaban J connectivity index is 1.54. The number of unbranched alkanes of at least 4 members (excludes halogenated alkanes) is 6. The molecule has 3 aromatic carbocycles. The van der Waals surface area contributed by atoms with Gasteiger partial charge < -0.3 is 28.4 Å². The Bertz CT molecular complexity index is 1720. The Morgan fingerprint density at radius 2 is 1.02 bits per heavy atom. The van der Waals surface area contributed by atoms with Crippen molar-refractivity contribution in [1.82, 2.24) is 0 Å². The molecule has 3 rings (SSSR count). The van der Waals surface area contributed by atoms with Gasteiger partial charge in [0.05, 0.1) is 40.6 Å². The van der Waals surface area contributed by atoms with E-state index in [0.29, 0.717) is 37.9 Å². The zero-order chi connectivity index (χ0) is 38.4. The van der Waals surface area contributed by atoms with Gasteiger partial charge in [-0.1, -0.05) is 55.6 Å². The van der Waals surface area contributed by atoms with E-state index in [9.17, 15) is 9.59 Å². The van der Waals surface area contributed by atoms with Gasteiger partial charge in [-0.05, 0) is 135 Å². The van der Waals surface area contributed by atoms with Crippen molar-refractivity contribution < 1.29 is 38.0 Å². The molecule has 3 aromatic rings. The summed E-state index contributed by atoms with van der Waals surface area (Å²) in [6.45, 7) is 15.2. The number of carbonyl (C=O) groups excluding carboxylic acids is 2. The topological polar surface area (TPSA) is 89.5 Å². The third-order valence-electron chi connectivity index (χ3n) is 8.66. The lowest BCUT2D eigenvalue weighted by molar-refractivity contribution is -0.138. The lowest BCUT2D eigenvalue weighted by Gasteiger charge is -2.13. The number of allylic oxidation sites excluding steroid dienone is 2. The zero-order valence-electron chi connectivity index (χ0n) is 32.2. The molecule has 0 unspecified atom stereocenters. The van der Waals surface area contributed by atoms with Crippen LogP contribution in [0.3, 0.4) is 0 Å². The minimum atomic E-state index is -0.378. The van der Waals surface area contributed by atoms with Crippen LogP contribution >= 0.6 is 0 Å². The average Bonchev–Trinajstić information content (AvgIpc) is 3.16. The summed E-state index contributed by atoms with van der Waals surface area (Å²) >= 11 is 0. The third kappa shape index (κ3) is 14.7. The monoisotopic (exact) mass is 724 g/mol. The first-order chi connectivity index (χ1) is 25.7. The van der Waals surface area contributed by atoms with Crippen LogP contribution < -0.4 is 18.9 Å². The molecule has 0 saturated carbocycles. The summed E-state index contributed by atoms with van der Waals surface area (Å²) in [5.74, 6) is 2.08. The highest BCUT2D eigenvalue weighted by molar-refractivity contribution is 5.85. The molecular formula is C45H56O8. The number of aryl methyl sites for hydroxylation is 1. The van der Waals surface area contributed by atoms with Gasteiger partial charge in [-0.15, -0.1) is 0 Å². The number of hydrogen-bond acceptors (Lipinski definition) is 8. The minimum Gasteiger partial charge on any atom is -0.493 e. The van der Waals surface area contributed by atoms with Crippen LogP contribution in [0, 0.1) is 6.92 Å². The summed E-state index contributed by atoms with van der Waals surface area (Å²) < 4.78 is 33.4. The summed E-state index contributed by atoms with van der Waals surface area (Å²) in [4.78, 5) is 22.2. The fourth-order valence-corrected chi connectivity index (χ4v) is 5.74. The highest BCUT2D eigenvalue weighted by Crippen LogP contribution is 2.33. The summed E-state index contributed by atoms with van der Waals surface area (Å²) in [5, 5.41) is 0. The Morgan fingerprint density at radius 1 is 0.566 bits per heavy atom. The largest absolute Gasteiger partial charge is 0.493 e. The molecular weight excluding hydrogens is 668 g/mol. The maximum atomic E-state index is 11.1. The first-order valence-corrected chi connectivity index (χ1v) is 18.4. The lowest BCUT2D eigenvalue weighted by Crippen LogP contribution is -2.02. The Kier molecular flexibility index (Phi) is 18.6. The fraction of sp³-hybridized carbons (Fsp3) is 0.378. The second-order valence-corrected chi connectivity index (χ2v) is 12.8. The van der Waals surface area contributed by atoms with Crippen molar-refractivity contribution in [3.63, 3.8) is 0 Å². The van der Waals surface area contributed by atoms with Gasteiger partial charge in [-0.25, -0.2) is 9.59 Å². The molecule has 0 N–H and O–H groups in total. The van der Waals surface area contributed by atoms with Crippen LogP contribution in [0.4, 0.5) is 0 Å². The SMILES string of the molecule is C=CC(=O)OCCCCCCOc1ccc(/C=C(\C)c2ccc(/C(C)=C/c3ccc(OCCCCCCOC(=O)C=C)c(OC)c3)c(C)c2)cc1OC. The van der Waals surface area contributed by atoms with E-state index in [1.54, 1.807) is 14.2 Å². The van der Waals surface area contributed by atoms with Crippen LogP contribution in [-0.4, -0.2) is 52.6 Å². The smallest absolute Gasteiger partial charge is 0.330 e. The Labute approximate surface area is 316 Å². The predicted octanol–water partition coefficient (Wildman–Crippen LogP) is 10.5. The number of methoxy groups -OCH3 is 2. The molecule has 8 nitrogen and oxygen atoms in total. The van der Waals surface area contributed by atoms with Crippen LogP contribution in [0.2, 0.25) is 0 Å². The van der Waals surface area contributed by atoms with Crippen molar-refractivity contribution in [2.45, 2.75) is 72.1 Å². The second kappa shape index (κ2) is 23.3. The number of rotatable bonds is 24. The minimum absolute atomic E-state index is 0.378. The molecule has 0 atom stereocenters. The van der Waals surface area contributed by atoms with Gasteiger partial charge in [-0.3, -0.25) is 0 Å². The highest BCUT2D eigenvalue weighted by atomic mass is 16.5. The van der Waals surface area contributed by atoms with Gasteiger partial charge in [0.2, 0.25) is 0 Å². The van der Waals surface area contributed by atoms with Gasteiger partial charge in [0.25, 0.3) is 0 Å². The molecule has 0 spiro atoms. The van der Waals surface area contributed by atoms with Crippen LogP contribution in [0.15, 0.2) is 79.9 Å². The Hall–Kier alpha value is -5.24. The summed E-state index contributed by atoms with van der Waals surface area (Å²) in [7, 11) is 3.31. The van der Waals surface area contributed by atoms with Gasteiger partial charge in [-0.2, -0.15) is 0 Å². The Morgan fingerprint density at radius 3 is 1.45 bits per heavy atom. The molecule has 0 aliphatic rings. The molecule has 0 amide bonds. The zero-order valence-corrected chi connectivity index (χ0v) is 32.2. The first-order valence-electron chi connectivity index (χ1n) is 18.4. The van der Waals surface area contributed by atoms with Gasteiger partial charge in [0, 0.05) is 12.2 Å². The standard InChI is InChI=1S/C45H56O8/c1-8-44(46)52-26-16-12-10-14-24-50-40-22-18-36(31-42(40)48-6)28-33(3)38-20-21-39(35(5)30-38)34(4)29-37-19-23-41(43(32-37)49-7)51-25-15-11-13-17-27-53-45(47)9-2/h8-9,18-23,28-32H,1-2,10-17,24-27H2,3-7H3/b33-28+,34-29+. The molecule has 8 heteroatoms. The number of ether oxygens (including phenoxy) is 6. The molecule has 0 radical (unpaired) electrons. The average molecular weight is 725 g/mol. The maximum absolute atomic E-state index is 11.1.